The van der Waals surface area contributed by atoms with E-state index in [2.05, 4.69) is 4.98 Å². The number of nitrogens with two attached hydrogens (primary N) is 1. The van der Waals surface area contributed by atoms with Crippen molar-refractivity contribution in [1.29, 1.82) is 0 Å². The van der Waals surface area contributed by atoms with Crippen LogP contribution in [0.25, 0.3) is 0 Å². The first-order valence-corrected chi connectivity index (χ1v) is 6.59. The fourth-order valence-corrected chi connectivity index (χ4v) is 2.24. The van der Waals surface area contributed by atoms with Gasteiger partial charge in [-0.15, -0.1) is 0 Å². The van der Waals surface area contributed by atoms with E-state index in [4.69, 9.17) is 17.3 Å². The number of aromatic nitrogens is 2. The van der Waals surface area contributed by atoms with Gasteiger partial charge in [-0.25, -0.2) is 4.98 Å². The molecule has 0 aliphatic rings. The van der Waals surface area contributed by atoms with E-state index in [0.717, 1.165) is 12.1 Å². The molecule has 0 aliphatic carbocycles. The predicted molar refractivity (Wildman–Crippen MR) is 73.5 cm³/mol. The number of rotatable bonds is 2. The lowest BCUT2D eigenvalue weighted by Crippen LogP contribution is -2.25. The Balaban J connectivity index is 2.56. The van der Waals surface area contributed by atoms with Crippen molar-refractivity contribution < 1.29 is 26.3 Å². The van der Waals surface area contributed by atoms with Gasteiger partial charge in [0.25, 0.3) is 5.56 Å². The molecule has 4 nitrogen and oxygen atoms in total. The fraction of sp³-hybridized carbons (Fsp3) is 0.231. The molecule has 0 saturated carbocycles. The zero-order chi connectivity index (χ0) is 18.3. The number of nitrogens with zero attached hydrogens (tertiary/aromatic N) is 1. The zero-order valence-electron chi connectivity index (χ0n) is 11.5. The van der Waals surface area contributed by atoms with Crippen LogP contribution in [0.3, 0.4) is 0 Å². The first kappa shape index (κ1) is 18.1. The third kappa shape index (κ3) is 3.81. The summed E-state index contributed by atoms with van der Waals surface area (Å²) in [6, 6.07) is 2.57. The van der Waals surface area contributed by atoms with Crippen molar-refractivity contribution in [2.24, 2.45) is 0 Å². The maximum atomic E-state index is 13.0. The predicted octanol–water partition coefficient (Wildman–Crippen LogP) is 3.63. The topological polar surface area (TPSA) is 71.8 Å². The Bertz CT molecular complexity index is 828. The standard InChI is InChI=1S/C13H8ClF6N3O/c14-8-2-1-5(4-7(8)12(15,16)17)3-6-9(13(18,19)20)22-11(21)23-10(6)24/h1-2,4H,3H2,(H3,21,22,23,24). The van der Waals surface area contributed by atoms with E-state index in [1.807, 2.05) is 4.98 Å². The molecule has 0 amide bonds. The number of hydrogen-bond acceptors (Lipinski definition) is 3. The number of alkyl halides is 6. The molecule has 1 aromatic heterocycles. The van der Waals surface area contributed by atoms with Crippen molar-refractivity contribution in [2.75, 3.05) is 5.73 Å². The second-order valence-electron chi connectivity index (χ2n) is 4.76. The van der Waals surface area contributed by atoms with E-state index in [0.29, 0.717) is 6.07 Å². The molecule has 0 saturated heterocycles. The molecule has 24 heavy (non-hydrogen) atoms. The Kier molecular flexibility index (Phi) is 4.53. The molecule has 11 heteroatoms. The van der Waals surface area contributed by atoms with Gasteiger partial charge in [-0.1, -0.05) is 17.7 Å². The summed E-state index contributed by atoms with van der Waals surface area (Å²) in [5, 5.41) is -0.605. The third-order valence-electron chi connectivity index (χ3n) is 3.02. The van der Waals surface area contributed by atoms with Gasteiger partial charge >= 0.3 is 12.4 Å². The van der Waals surface area contributed by atoms with Crippen LogP contribution in [0, 0.1) is 0 Å². The van der Waals surface area contributed by atoms with E-state index >= 15 is 0 Å². The molecule has 0 bridgehead atoms. The summed E-state index contributed by atoms with van der Waals surface area (Å²) in [7, 11) is 0. The van der Waals surface area contributed by atoms with Crippen molar-refractivity contribution in [3.63, 3.8) is 0 Å². The molecule has 1 heterocycles. The molecule has 0 atom stereocenters. The Morgan fingerprint density at radius 3 is 2.29 bits per heavy atom. The summed E-state index contributed by atoms with van der Waals surface area (Å²) in [5.74, 6) is -0.747. The third-order valence-corrected chi connectivity index (χ3v) is 3.35. The van der Waals surface area contributed by atoms with Crippen LogP contribution >= 0.6 is 11.6 Å². The van der Waals surface area contributed by atoms with E-state index in [1.165, 1.54) is 0 Å². The summed E-state index contributed by atoms with van der Waals surface area (Å²) in [6.07, 6.45) is -10.5. The Morgan fingerprint density at radius 2 is 1.75 bits per heavy atom. The average Bonchev–Trinajstić information content (AvgIpc) is 2.41. The van der Waals surface area contributed by atoms with E-state index < -0.39 is 52.1 Å². The number of hydrogen-bond donors (Lipinski definition) is 2. The molecular weight excluding hydrogens is 364 g/mol. The number of anilines is 1. The van der Waals surface area contributed by atoms with Gasteiger partial charge in [0.05, 0.1) is 16.1 Å². The molecule has 0 unspecified atom stereocenters. The van der Waals surface area contributed by atoms with Crippen LogP contribution in [0.2, 0.25) is 5.02 Å². The molecule has 2 rings (SSSR count). The number of H-pyrrole nitrogens is 1. The van der Waals surface area contributed by atoms with E-state index in [-0.39, 0.29) is 5.56 Å². The molecule has 0 radical (unpaired) electrons. The monoisotopic (exact) mass is 371 g/mol. The van der Waals surface area contributed by atoms with Crippen LogP contribution in [0.5, 0.6) is 0 Å². The van der Waals surface area contributed by atoms with Crippen LogP contribution in [0.1, 0.15) is 22.4 Å². The molecule has 2 aromatic rings. The zero-order valence-corrected chi connectivity index (χ0v) is 12.3. The highest BCUT2D eigenvalue weighted by Crippen LogP contribution is 2.36. The minimum atomic E-state index is -4.99. The summed E-state index contributed by atoms with van der Waals surface area (Å²) in [4.78, 5) is 16.7. The van der Waals surface area contributed by atoms with Crippen molar-refractivity contribution in [2.45, 2.75) is 18.8 Å². The second kappa shape index (κ2) is 6.00. The van der Waals surface area contributed by atoms with E-state index in [9.17, 15) is 31.1 Å². The number of nitrogens with one attached hydrogen (secondary N) is 1. The SMILES string of the molecule is Nc1nc(C(F)(F)F)c(Cc2ccc(Cl)c(C(F)(F)F)c2)c(=O)[nH]1. The van der Waals surface area contributed by atoms with Gasteiger partial charge in [0.15, 0.2) is 5.69 Å². The number of aromatic amines is 1. The van der Waals surface area contributed by atoms with Gasteiger partial charge in [0, 0.05) is 6.42 Å². The lowest BCUT2D eigenvalue weighted by atomic mass is 10.0. The van der Waals surface area contributed by atoms with Gasteiger partial charge in [-0.2, -0.15) is 26.3 Å². The summed E-state index contributed by atoms with van der Waals surface area (Å²) >= 11 is 5.44. The maximum absolute atomic E-state index is 13.0. The van der Waals surface area contributed by atoms with Gasteiger partial charge in [0.1, 0.15) is 0 Å². The molecule has 0 fully saturated rings. The van der Waals surface area contributed by atoms with Crippen LogP contribution in [0.4, 0.5) is 32.3 Å². The molecular formula is C13H8ClF6N3O. The van der Waals surface area contributed by atoms with E-state index in [1.54, 1.807) is 0 Å². The van der Waals surface area contributed by atoms with Crippen LogP contribution in [-0.2, 0) is 18.8 Å². The number of nitrogen functional groups attached to an aromatic ring is 1. The maximum Gasteiger partial charge on any atom is 0.433 e. The fourth-order valence-electron chi connectivity index (χ4n) is 2.02. The molecule has 130 valence electrons. The lowest BCUT2D eigenvalue weighted by molar-refractivity contribution is -0.142. The normalized spacial score (nSPS) is 12.5. The minimum absolute atomic E-state index is 0.186. The Hall–Kier alpha value is -2.23. The Labute approximate surface area is 135 Å². The molecule has 1 aromatic carbocycles. The molecule has 3 N–H and O–H groups in total. The largest absolute Gasteiger partial charge is 0.433 e. The first-order chi connectivity index (χ1) is 10.9. The first-order valence-electron chi connectivity index (χ1n) is 6.21. The summed E-state index contributed by atoms with van der Waals surface area (Å²) in [5.41, 5.74) is 0.116. The van der Waals surface area contributed by atoms with Crippen molar-refractivity contribution in [1.82, 2.24) is 9.97 Å². The van der Waals surface area contributed by atoms with Gasteiger partial charge < -0.3 is 5.73 Å². The van der Waals surface area contributed by atoms with Crippen LogP contribution in [0.15, 0.2) is 23.0 Å². The van der Waals surface area contributed by atoms with Gasteiger partial charge in [-0.05, 0) is 17.7 Å². The highest BCUT2D eigenvalue weighted by atomic mass is 35.5. The van der Waals surface area contributed by atoms with Crippen LogP contribution in [-0.4, -0.2) is 9.97 Å². The van der Waals surface area contributed by atoms with Gasteiger partial charge in [0.2, 0.25) is 5.95 Å². The highest BCUT2D eigenvalue weighted by Gasteiger charge is 2.38. The summed E-state index contributed by atoms with van der Waals surface area (Å²) < 4.78 is 77.3. The van der Waals surface area contributed by atoms with Gasteiger partial charge in [-0.3, -0.25) is 9.78 Å². The van der Waals surface area contributed by atoms with Crippen molar-refractivity contribution >= 4 is 17.5 Å². The average molecular weight is 372 g/mol. The number of benzene rings is 1. The second-order valence-corrected chi connectivity index (χ2v) is 5.17. The molecule has 0 spiro atoms. The lowest BCUT2D eigenvalue weighted by Gasteiger charge is -2.13. The molecule has 0 aliphatic heterocycles. The van der Waals surface area contributed by atoms with Crippen molar-refractivity contribution in [3.8, 4) is 0 Å². The van der Waals surface area contributed by atoms with Crippen LogP contribution < -0.4 is 11.3 Å². The highest BCUT2D eigenvalue weighted by molar-refractivity contribution is 6.31. The number of halogens is 7. The Morgan fingerprint density at radius 1 is 1.12 bits per heavy atom. The van der Waals surface area contributed by atoms with Crippen molar-refractivity contribution in [3.05, 3.63) is 56.0 Å². The quantitative estimate of drug-likeness (QED) is 0.792. The smallest absolute Gasteiger partial charge is 0.369 e. The summed E-state index contributed by atoms with van der Waals surface area (Å²) in [6.45, 7) is 0. The minimum Gasteiger partial charge on any atom is -0.369 e.